The summed E-state index contributed by atoms with van der Waals surface area (Å²) in [6.07, 6.45) is 0. The monoisotopic (exact) mass is 284 g/mol. The third-order valence-corrected chi connectivity index (χ3v) is 3.62. The average molecular weight is 284 g/mol. The zero-order valence-electron chi connectivity index (χ0n) is 12.6. The van der Waals surface area contributed by atoms with Crippen LogP contribution in [-0.2, 0) is 5.41 Å². The minimum absolute atomic E-state index is 0.112. The first-order valence-electron chi connectivity index (χ1n) is 6.94. The van der Waals surface area contributed by atoms with Crippen LogP contribution in [0.4, 0.5) is 11.4 Å². The van der Waals surface area contributed by atoms with Crippen LogP contribution in [0.25, 0.3) is 0 Å². The lowest BCUT2D eigenvalue weighted by Crippen LogP contribution is -2.27. The maximum Gasteiger partial charge on any atom is 0.292 e. The SMILES string of the molecule is Cc1ccc([N+](=O)[O-])c(NCC(C)(C)c2ccccc2)c1. The molecule has 21 heavy (non-hydrogen) atoms. The summed E-state index contributed by atoms with van der Waals surface area (Å²) in [5, 5.41) is 14.3. The first-order valence-corrected chi connectivity index (χ1v) is 6.94. The highest BCUT2D eigenvalue weighted by atomic mass is 16.6. The van der Waals surface area contributed by atoms with Crippen LogP contribution in [0.15, 0.2) is 48.5 Å². The minimum Gasteiger partial charge on any atom is -0.379 e. The van der Waals surface area contributed by atoms with Crippen LogP contribution in [0.2, 0.25) is 0 Å². The van der Waals surface area contributed by atoms with E-state index in [1.54, 1.807) is 12.1 Å². The fourth-order valence-electron chi connectivity index (χ4n) is 2.26. The standard InChI is InChI=1S/C17H20N2O2/c1-13-9-10-16(19(20)21)15(11-13)18-12-17(2,3)14-7-5-4-6-8-14/h4-11,18H,12H2,1-3H3. The van der Waals surface area contributed by atoms with E-state index in [0.717, 1.165) is 5.56 Å². The summed E-state index contributed by atoms with van der Waals surface area (Å²) < 4.78 is 0. The van der Waals surface area contributed by atoms with Crippen LogP contribution >= 0.6 is 0 Å². The largest absolute Gasteiger partial charge is 0.379 e. The third-order valence-electron chi connectivity index (χ3n) is 3.62. The smallest absolute Gasteiger partial charge is 0.292 e. The van der Waals surface area contributed by atoms with Crippen LogP contribution < -0.4 is 5.32 Å². The second kappa shape index (κ2) is 5.95. The summed E-state index contributed by atoms with van der Waals surface area (Å²) >= 11 is 0. The fraction of sp³-hybridized carbons (Fsp3) is 0.294. The molecule has 110 valence electrons. The number of nitro benzene ring substituents is 1. The van der Waals surface area contributed by atoms with Gasteiger partial charge in [-0.1, -0.05) is 50.2 Å². The molecule has 2 aromatic carbocycles. The summed E-state index contributed by atoms with van der Waals surface area (Å²) in [4.78, 5) is 10.7. The molecule has 0 fully saturated rings. The van der Waals surface area contributed by atoms with E-state index in [1.165, 1.54) is 5.56 Å². The molecule has 0 atom stereocenters. The lowest BCUT2D eigenvalue weighted by atomic mass is 9.84. The van der Waals surface area contributed by atoms with E-state index in [2.05, 4.69) is 31.3 Å². The number of benzene rings is 2. The highest BCUT2D eigenvalue weighted by Crippen LogP contribution is 2.28. The van der Waals surface area contributed by atoms with Gasteiger partial charge in [0.05, 0.1) is 4.92 Å². The third kappa shape index (κ3) is 3.60. The second-order valence-corrected chi connectivity index (χ2v) is 5.88. The maximum absolute atomic E-state index is 11.1. The molecule has 1 N–H and O–H groups in total. The van der Waals surface area contributed by atoms with E-state index >= 15 is 0 Å². The number of hydrogen-bond acceptors (Lipinski definition) is 3. The Morgan fingerprint density at radius 1 is 1.14 bits per heavy atom. The molecule has 0 spiro atoms. The van der Waals surface area contributed by atoms with Gasteiger partial charge in [-0.05, 0) is 24.1 Å². The Hall–Kier alpha value is -2.36. The number of rotatable bonds is 5. The quantitative estimate of drug-likeness (QED) is 0.658. The van der Waals surface area contributed by atoms with Gasteiger partial charge in [0.15, 0.2) is 0 Å². The zero-order chi connectivity index (χ0) is 15.5. The van der Waals surface area contributed by atoms with E-state index in [-0.39, 0.29) is 16.0 Å². The van der Waals surface area contributed by atoms with Crippen molar-refractivity contribution >= 4 is 11.4 Å². The van der Waals surface area contributed by atoms with Crippen molar-refractivity contribution in [3.8, 4) is 0 Å². The molecule has 0 aliphatic carbocycles. The zero-order valence-corrected chi connectivity index (χ0v) is 12.6. The molecule has 0 unspecified atom stereocenters. The Morgan fingerprint density at radius 3 is 2.43 bits per heavy atom. The number of nitrogens with zero attached hydrogens (tertiary/aromatic N) is 1. The van der Waals surface area contributed by atoms with Crippen LogP contribution in [-0.4, -0.2) is 11.5 Å². The minimum atomic E-state index is -0.350. The second-order valence-electron chi connectivity index (χ2n) is 5.88. The van der Waals surface area contributed by atoms with Gasteiger partial charge >= 0.3 is 0 Å². The number of anilines is 1. The molecule has 0 saturated heterocycles. The predicted molar refractivity (Wildman–Crippen MR) is 85.8 cm³/mol. The van der Waals surface area contributed by atoms with Crippen molar-refractivity contribution in [3.63, 3.8) is 0 Å². The molecule has 0 bridgehead atoms. The topological polar surface area (TPSA) is 55.2 Å². The van der Waals surface area contributed by atoms with E-state index in [4.69, 9.17) is 0 Å². The van der Waals surface area contributed by atoms with E-state index in [0.29, 0.717) is 12.2 Å². The summed E-state index contributed by atoms with van der Waals surface area (Å²) in [7, 11) is 0. The van der Waals surface area contributed by atoms with Gasteiger partial charge in [0.2, 0.25) is 0 Å². The molecule has 2 aromatic rings. The van der Waals surface area contributed by atoms with Crippen molar-refractivity contribution in [1.29, 1.82) is 0 Å². The lowest BCUT2D eigenvalue weighted by Gasteiger charge is -2.26. The van der Waals surface area contributed by atoms with E-state index < -0.39 is 0 Å². The number of nitrogens with one attached hydrogen (secondary N) is 1. The van der Waals surface area contributed by atoms with Crippen molar-refractivity contribution in [2.75, 3.05) is 11.9 Å². The molecule has 2 rings (SSSR count). The molecule has 0 aliphatic heterocycles. The predicted octanol–water partition coefficient (Wildman–Crippen LogP) is 4.29. The lowest BCUT2D eigenvalue weighted by molar-refractivity contribution is -0.384. The summed E-state index contributed by atoms with van der Waals surface area (Å²) in [6, 6.07) is 15.3. The van der Waals surface area contributed by atoms with Crippen LogP contribution in [0.5, 0.6) is 0 Å². The molecule has 0 radical (unpaired) electrons. The molecule has 0 aromatic heterocycles. The van der Waals surface area contributed by atoms with Gasteiger partial charge in [-0.3, -0.25) is 10.1 Å². The molecular formula is C17H20N2O2. The van der Waals surface area contributed by atoms with Gasteiger partial charge in [-0.2, -0.15) is 0 Å². The van der Waals surface area contributed by atoms with Crippen molar-refractivity contribution in [1.82, 2.24) is 0 Å². The van der Waals surface area contributed by atoms with Crippen molar-refractivity contribution in [2.45, 2.75) is 26.2 Å². The van der Waals surface area contributed by atoms with Gasteiger partial charge in [-0.25, -0.2) is 0 Å². The van der Waals surface area contributed by atoms with E-state index in [1.807, 2.05) is 31.2 Å². The summed E-state index contributed by atoms with van der Waals surface area (Å²) in [6.45, 7) is 6.80. The van der Waals surface area contributed by atoms with Gasteiger partial charge in [0, 0.05) is 18.0 Å². The van der Waals surface area contributed by atoms with Crippen LogP contribution in [0, 0.1) is 17.0 Å². The average Bonchev–Trinajstić information content (AvgIpc) is 2.46. The Balaban J connectivity index is 2.20. The van der Waals surface area contributed by atoms with Crippen LogP contribution in [0.3, 0.4) is 0 Å². The first-order chi connectivity index (χ1) is 9.90. The maximum atomic E-state index is 11.1. The highest BCUT2D eigenvalue weighted by Gasteiger charge is 2.22. The Morgan fingerprint density at radius 2 is 1.81 bits per heavy atom. The fourth-order valence-corrected chi connectivity index (χ4v) is 2.26. The number of hydrogen-bond donors (Lipinski definition) is 1. The Bertz CT molecular complexity index is 636. The number of aryl methyl sites for hydroxylation is 1. The molecule has 4 heteroatoms. The van der Waals surface area contributed by atoms with Crippen molar-refractivity contribution in [2.24, 2.45) is 0 Å². The van der Waals surface area contributed by atoms with E-state index in [9.17, 15) is 10.1 Å². The molecule has 4 nitrogen and oxygen atoms in total. The van der Waals surface area contributed by atoms with Gasteiger partial charge in [-0.15, -0.1) is 0 Å². The highest BCUT2D eigenvalue weighted by molar-refractivity contribution is 5.63. The molecule has 0 amide bonds. The normalized spacial score (nSPS) is 11.2. The Labute approximate surface area is 125 Å². The van der Waals surface area contributed by atoms with Crippen molar-refractivity contribution in [3.05, 3.63) is 69.8 Å². The van der Waals surface area contributed by atoms with Gasteiger partial charge < -0.3 is 5.32 Å². The first kappa shape index (κ1) is 15.0. The van der Waals surface area contributed by atoms with Gasteiger partial charge in [0.1, 0.15) is 5.69 Å². The molecule has 0 heterocycles. The van der Waals surface area contributed by atoms with Crippen molar-refractivity contribution < 1.29 is 4.92 Å². The summed E-state index contributed by atoms with van der Waals surface area (Å²) in [5.41, 5.74) is 2.78. The molecule has 0 saturated carbocycles. The molecular weight excluding hydrogens is 264 g/mol. The van der Waals surface area contributed by atoms with Gasteiger partial charge in [0.25, 0.3) is 5.69 Å². The molecule has 0 aliphatic rings. The Kier molecular flexibility index (Phi) is 4.26. The van der Waals surface area contributed by atoms with Crippen LogP contribution in [0.1, 0.15) is 25.0 Å². The summed E-state index contributed by atoms with van der Waals surface area (Å²) in [5.74, 6) is 0. The number of nitro groups is 1.